The van der Waals surface area contributed by atoms with Crippen LogP contribution in [0.25, 0.3) is 41.7 Å². The average molecular weight is 635 g/mol. The molecule has 0 unspecified atom stereocenters. The molecule has 3 nitrogen and oxygen atoms in total. The van der Waals surface area contributed by atoms with Gasteiger partial charge in [-0.2, -0.15) is 0 Å². The monoisotopic (exact) mass is 634 g/mol. The maximum absolute atomic E-state index is 10.8. The second-order valence-electron chi connectivity index (χ2n) is 12.0. The Morgan fingerprint density at radius 1 is 0.396 bits per heavy atom. The molecule has 228 valence electrons. The van der Waals surface area contributed by atoms with E-state index < -0.39 is 0 Å². The Morgan fingerprint density at radius 3 is 1.52 bits per heavy atom. The maximum Gasteiger partial charge on any atom is 0.116 e. The average Bonchev–Trinajstić information content (AvgIpc) is 3.53. The molecular formula is C44H30N2OS. The molecule has 0 radical (unpaired) electrons. The zero-order valence-electron chi connectivity index (χ0n) is 26.0. The van der Waals surface area contributed by atoms with Crippen LogP contribution in [0.4, 0.5) is 34.1 Å². The number of benzene rings is 8. The first-order chi connectivity index (χ1) is 23.7. The highest BCUT2D eigenvalue weighted by molar-refractivity contribution is 7.27. The SMILES string of the molecule is Oc1ccc2c(N(c3ccccc3)c3ccccc3)cc3c(sc4ccc5cc(N(c6ccccc6)c6ccccc6)ccc5c43)c2c1. The molecule has 4 heteroatoms. The second-order valence-corrected chi connectivity index (χ2v) is 13.0. The van der Waals surface area contributed by atoms with E-state index in [1.807, 2.05) is 6.07 Å². The first-order valence-corrected chi connectivity index (χ1v) is 16.9. The molecule has 9 aromatic rings. The van der Waals surface area contributed by atoms with Crippen molar-refractivity contribution >= 4 is 87.2 Å². The summed E-state index contributed by atoms with van der Waals surface area (Å²) in [4.78, 5) is 4.63. The molecule has 8 aromatic carbocycles. The van der Waals surface area contributed by atoms with Gasteiger partial charge in [0.25, 0.3) is 0 Å². The Balaban J connectivity index is 1.31. The van der Waals surface area contributed by atoms with Crippen LogP contribution in [-0.4, -0.2) is 5.11 Å². The van der Waals surface area contributed by atoms with E-state index in [4.69, 9.17) is 0 Å². The molecule has 0 fully saturated rings. The number of thiophene rings is 1. The number of hydrogen-bond donors (Lipinski definition) is 1. The van der Waals surface area contributed by atoms with Gasteiger partial charge in [-0.1, -0.05) is 84.9 Å². The van der Waals surface area contributed by atoms with Crippen molar-refractivity contribution in [1.29, 1.82) is 0 Å². The molecule has 0 saturated heterocycles. The van der Waals surface area contributed by atoms with E-state index in [9.17, 15) is 5.11 Å². The number of fused-ring (bicyclic) bond motifs is 7. The normalized spacial score (nSPS) is 11.4. The van der Waals surface area contributed by atoms with Crippen molar-refractivity contribution in [2.45, 2.75) is 0 Å². The van der Waals surface area contributed by atoms with Gasteiger partial charge in [0.05, 0.1) is 5.69 Å². The Kier molecular flexibility index (Phi) is 6.81. The van der Waals surface area contributed by atoms with Gasteiger partial charge < -0.3 is 14.9 Å². The fourth-order valence-electron chi connectivity index (χ4n) is 6.94. The lowest BCUT2D eigenvalue weighted by molar-refractivity contribution is 0.476. The number of nitrogens with zero attached hydrogens (tertiary/aromatic N) is 2. The van der Waals surface area contributed by atoms with Gasteiger partial charge in [-0.05, 0) is 102 Å². The van der Waals surface area contributed by atoms with E-state index in [0.717, 1.165) is 44.9 Å². The van der Waals surface area contributed by atoms with Crippen molar-refractivity contribution in [3.8, 4) is 5.75 Å². The highest BCUT2D eigenvalue weighted by Crippen LogP contribution is 2.49. The Labute approximate surface area is 282 Å². The molecule has 1 heterocycles. The fraction of sp³-hybridized carbons (Fsp3) is 0. The standard InChI is InChI=1S/C44H30N2OS/c47-36-23-25-38-39(28-36)44-40(29-41(38)46(33-17-9-3-10-18-33)34-19-11-4-12-20-34)43-37-24-22-35(27-30(37)21-26-42(43)48-44)45(31-13-5-1-6-14-31)32-15-7-2-8-16-32/h1-29,47H. The minimum absolute atomic E-state index is 0.265. The molecule has 0 aliphatic rings. The van der Waals surface area contributed by atoms with Crippen LogP contribution in [0.3, 0.4) is 0 Å². The Bertz CT molecular complexity index is 2490. The van der Waals surface area contributed by atoms with Crippen molar-refractivity contribution < 1.29 is 5.11 Å². The fourth-order valence-corrected chi connectivity index (χ4v) is 8.17. The molecule has 48 heavy (non-hydrogen) atoms. The lowest BCUT2D eigenvalue weighted by Crippen LogP contribution is -2.10. The van der Waals surface area contributed by atoms with Crippen LogP contribution in [0.5, 0.6) is 5.75 Å². The number of anilines is 6. The quantitative estimate of drug-likeness (QED) is 0.197. The minimum Gasteiger partial charge on any atom is -0.508 e. The van der Waals surface area contributed by atoms with Gasteiger partial charge in [0.1, 0.15) is 5.75 Å². The summed E-state index contributed by atoms with van der Waals surface area (Å²) in [5, 5.41) is 17.7. The smallest absolute Gasteiger partial charge is 0.116 e. The Morgan fingerprint density at radius 2 is 0.938 bits per heavy atom. The number of rotatable bonds is 6. The summed E-state index contributed by atoms with van der Waals surface area (Å²) in [6.45, 7) is 0. The van der Waals surface area contributed by atoms with Crippen LogP contribution in [-0.2, 0) is 0 Å². The second kappa shape index (κ2) is 11.6. The lowest BCUT2D eigenvalue weighted by atomic mass is 9.98. The van der Waals surface area contributed by atoms with Crippen LogP contribution in [0.15, 0.2) is 176 Å². The van der Waals surface area contributed by atoms with Crippen LogP contribution in [0, 0.1) is 0 Å². The van der Waals surface area contributed by atoms with E-state index in [1.54, 1.807) is 17.4 Å². The zero-order valence-corrected chi connectivity index (χ0v) is 26.8. The highest BCUT2D eigenvalue weighted by Gasteiger charge is 2.21. The summed E-state index contributed by atoms with van der Waals surface area (Å²) in [6.07, 6.45) is 0. The van der Waals surface area contributed by atoms with Crippen molar-refractivity contribution in [2.75, 3.05) is 9.80 Å². The van der Waals surface area contributed by atoms with Crippen molar-refractivity contribution in [1.82, 2.24) is 0 Å². The van der Waals surface area contributed by atoms with E-state index in [2.05, 4.69) is 174 Å². The minimum atomic E-state index is 0.265. The zero-order chi connectivity index (χ0) is 32.0. The summed E-state index contributed by atoms with van der Waals surface area (Å²) in [6, 6.07) is 61.5. The number of phenols is 1. The van der Waals surface area contributed by atoms with Gasteiger partial charge >= 0.3 is 0 Å². The van der Waals surface area contributed by atoms with E-state index in [1.165, 1.54) is 30.9 Å². The van der Waals surface area contributed by atoms with Gasteiger partial charge in [-0.15, -0.1) is 11.3 Å². The number of hydrogen-bond acceptors (Lipinski definition) is 4. The number of aromatic hydroxyl groups is 1. The first-order valence-electron chi connectivity index (χ1n) is 16.1. The topological polar surface area (TPSA) is 26.7 Å². The van der Waals surface area contributed by atoms with Crippen LogP contribution in [0.2, 0.25) is 0 Å². The molecule has 0 bridgehead atoms. The summed E-state index contributed by atoms with van der Waals surface area (Å²) in [7, 11) is 0. The third-order valence-electron chi connectivity index (χ3n) is 9.05. The maximum atomic E-state index is 10.8. The predicted octanol–water partition coefficient (Wildman–Crippen LogP) is 13.0. The van der Waals surface area contributed by atoms with Gasteiger partial charge in [-0.3, -0.25) is 0 Å². The van der Waals surface area contributed by atoms with E-state index >= 15 is 0 Å². The van der Waals surface area contributed by atoms with E-state index in [-0.39, 0.29) is 5.75 Å². The molecule has 0 aliphatic heterocycles. The van der Waals surface area contributed by atoms with Crippen molar-refractivity contribution in [3.05, 3.63) is 176 Å². The largest absolute Gasteiger partial charge is 0.508 e. The van der Waals surface area contributed by atoms with Crippen LogP contribution < -0.4 is 9.80 Å². The molecule has 0 aliphatic carbocycles. The highest BCUT2D eigenvalue weighted by atomic mass is 32.1. The molecule has 0 atom stereocenters. The molecule has 0 spiro atoms. The molecule has 1 aromatic heterocycles. The number of para-hydroxylation sites is 4. The van der Waals surface area contributed by atoms with Crippen molar-refractivity contribution in [2.24, 2.45) is 0 Å². The Hall–Kier alpha value is -6.10. The first kappa shape index (κ1) is 28.1. The lowest BCUT2D eigenvalue weighted by Gasteiger charge is -2.27. The van der Waals surface area contributed by atoms with Gasteiger partial charge in [0.15, 0.2) is 0 Å². The summed E-state index contributed by atoms with van der Waals surface area (Å²) in [5.74, 6) is 0.265. The molecule has 9 rings (SSSR count). The van der Waals surface area contributed by atoms with Gasteiger partial charge in [0, 0.05) is 59.4 Å². The summed E-state index contributed by atoms with van der Waals surface area (Å²) in [5.41, 5.74) is 6.56. The van der Waals surface area contributed by atoms with Crippen LogP contribution >= 0.6 is 11.3 Å². The van der Waals surface area contributed by atoms with Crippen molar-refractivity contribution in [3.63, 3.8) is 0 Å². The third-order valence-corrected chi connectivity index (χ3v) is 10.3. The third kappa shape index (κ3) is 4.74. The molecule has 1 N–H and O–H groups in total. The number of phenolic OH excluding ortho intramolecular Hbond substituents is 1. The van der Waals surface area contributed by atoms with Gasteiger partial charge in [0.2, 0.25) is 0 Å². The van der Waals surface area contributed by atoms with E-state index in [0.29, 0.717) is 0 Å². The van der Waals surface area contributed by atoms with Crippen LogP contribution in [0.1, 0.15) is 0 Å². The summed E-state index contributed by atoms with van der Waals surface area (Å²) >= 11 is 1.79. The van der Waals surface area contributed by atoms with Gasteiger partial charge in [-0.25, -0.2) is 0 Å². The molecule has 0 amide bonds. The summed E-state index contributed by atoms with van der Waals surface area (Å²) < 4.78 is 2.40. The molecular weight excluding hydrogens is 605 g/mol. The predicted molar refractivity (Wildman–Crippen MR) is 205 cm³/mol. The molecule has 0 saturated carbocycles.